The maximum absolute atomic E-state index is 11.6. The fraction of sp³-hybridized carbons (Fsp3) is 0.533. The molecule has 19 heavy (non-hydrogen) atoms. The van der Waals surface area contributed by atoms with E-state index >= 15 is 0 Å². The van der Waals surface area contributed by atoms with Gasteiger partial charge in [-0.25, -0.2) is 4.79 Å². The summed E-state index contributed by atoms with van der Waals surface area (Å²) in [6, 6.07) is 9.11. The van der Waals surface area contributed by atoms with Gasteiger partial charge >= 0.3 is 5.97 Å². The molecular formula is C15H22N2O2. The van der Waals surface area contributed by atoms with Gasteiger partial charge in [-0.1, -0.05) is 37.3 Å². The van der Waals surface area contributed by atoms with Crippen molar-refractivity contribution in [1.82, 2.24) is 4.90 Å². The fourth-order valence-corrected chi connectivity index (χ4v) is 2.34. The van der Waals surface area contributed by atoms with Crippen molar-refractivity contribution in [2.45, 2.75) is 25.3 Å². The molecule has 0 spiro atoms. The van der Waals surface area contributed by atoms with E-state index in [0.717, 1.165) is 19.0 Å². The lowest BCUT2D eigenvalue weighted by Gasteiger charge is -2.32. The smallest absolute Gasteiger partial charge is 0.329 e. The monoisotopic (exact) mass is 262 g/mol. The van der Waals surface area contributed by atoms with Crippen LogP contribution < -0.4 is 5.73 Å². The molecule has 4 heteroatoms. The van der Waals surface area contributed by atoms with Crippen molar-refractivity contribution in [3.8, 4) is 0 Å². The number of rotatable bonds is 7. The molecule has 0 heterocycles. The fourth-order valence-electron chi connectivity index (χ4n) is 2.34. The molecule has 3 N–H and O–H groups in total. The average molecular weight is 262 g/mol. The Bertz CT molecular complexity index is 431. The third-order valence-corrected chi connectivity index (χ3v) is 3.80. The number of nitrogens with zero attached hydrogens (tertiary/aromatic N) is 1. The summed E-state index contributed by atoms with van der Waals surface area (Å²) in [5, 5.41) is 9.53. The summed E-state index contributed by atoms with van der Waals surface area (Å²) in [5.74, 6) is -0.235. The van der Waals surface area contributed by atoms with Crippen LogP contribution in [-0.4, -0.2) is 35.6 Å². The van der Waals surface area contributed by atoms with Crippen LogP contribution in [0.3, 0.4) is 0 Å². The first-order chi connectivity index (χ1) is 9.06. The summed E-state index contributed by atoms with van der Waals surface area (Å²) in [6.07, 6.45) is 2.51. The van der Waals surface area contributed by atoms with Crippen molar-refractivity contribution in [1.29, 1.82) is 0 Å². The molecule has 0 aromatic heterocycles. The van der Waals surface area contributed by atoms with Crippen LogP contribution in [-0.2, 0) is 10.3 Å². The number of hydrogen-bond donors (Lipinski definition) is 2. The van der Waals surface area contributed by atoms with Crippen LogP contribution in [0.4, 0.5) is 0 Å². The maximum atomic E-state index is 11.6. The van der Waals surface area contributed by atoms with Crippen LogP contribution in [0.1, 0.15) is 25.3 Å². The van der Waals surface area contributed by atoms with Crippen molar-refractivity contribution in [3.63, 3.8) is 0 Å². The van der Waals surface area contributed by atoms with E-state index in [1.807, 2.05) is 18.2 Å². The zero-order chi connectivity index (χ0) is 13.9. The Kier molecular flexibility index (Phi) is 4.22. The first-order valence-corrected chi connectivity index (χ1v) is 6.86. The topological polar surface area (TPSA) is 66.6 Å². The number of hydrogen-bond acceptors (Lipinski definition) is 3. The minimum absolute atomic E-state index is 0.360. The Hall–Kier alpha value is -1.39. The van der Waals surface area contributed by atoms with Crippen LogP contribution in [0.25, 0.3) is 0 Å². The van der Waals surface area contributed by atoms with Gasteiger partial charge in [-0.3, -0.25) is 0 Å². The van der Waals surface area contributed by atoms with Crippen molar-refractivity contribution >= 4 is 5.97 Å². The van der Waals surface area contributed by atoms with Crippen LogP contribution >= 0.6 is 0 Å². The zero-order valence-electron chi connectivity index (χ0n) is 11.4. The van der Waals surface area contributed by atoms with E-state index in [1.165, 1.54) is 12.8 Å². The molecule has 1 saturated carbocycles. The van der Waals surface area contributed by atoms with Crippen molar-refractivity contribution in [3.05, 3.63) is 35.9 Å². The summed E-state index contributed by atoms with van der Waals surface area (Å²) in [4.78, 5) is 13.8. The molecule has 1 atom stereocenters. The second-order valence-corrected chi connectivity index (χ2v) is 5.41. The molecule has 1 unspecified atom stereocenters. The number of carbonyl (C=O) groups is 1. The SMILES string of the molecule is CCN(CC1CC1)CC(N)(C(=O)O)c1ccccc1. The van der Waals surface area contributed by atoms with Crippen LogP contribution in [0.15, 0.2) is 30.3 Å². The second-order valence-electron chi connectivity index (χ2n) is 5.41. The van der Waals surface area contributed by atoms with Gasteiger partial charge in [-0.2, -0.15) is 0 Å². The molecule has 0 radical (unpaired) electrons. The molecule has 104 valence electrons. The van der Waals surface area contributed by atoms with E-state index < -0.39 is 11.5 Å². The van der Waals surface area contributed by atoms with Crippen LogP contribution in [0.5, 0.6) is 0 Å². The van der Waals surface area contributed by atoms with Gasteiger partial charge in [0.15, 0.2) is 5.54 Å². The molecule has 1 aromatic carbocycles. The number of carboxylic acid groups (broad SMARTS) is 1. The first kappa shape index (κ1) is 14.0. The second kappa shape index (κ2) is 5.72. The first-order valence-electron chi connectivity index (χ1n) is 6.86. The van der Waals surface area contributed by atoms with Crippen LogP contribution in [0.2, 0.25) is 0 Å². The minimum atomic E-state index is -1.33. The van der Waals surface area contributed by atoms with Gasteiger partial charge in [0.25, 0.3) is 0 Å². The highest BCUT2D eigenvalue weighted by Gasteiger charge is 2.38. The number of nitrogens with two attached hydrogens (primary N) is 1. The van der Waals surface area contributed by atoms with E-state index in [4.69, 9.17) is 5.73 Å². The van der Waals surface area contributed by atoms with E-state index in [1.54, 1.807) is 12.1 Å². The third kappa shape index (κ3) is 3.33. The predicted octanol–water partition coefficient (Wildman–Crippen LogP) is 1.66. The normalized spacial score (nSPS) is 18.3. The Morgan fingerprint density at radius 3 is 2.53 bits per heavy atom. The number of aliphatic carboxylic acids is 1. The molecule has 1 aliphatic rings. The highest BCUT2D eigenvalue weighted by atomic mass is 16.4. The van der Waals surface area contributed by atoms with E-state index in [-0.39, 0.29) is 0 Å². The quantitative estimate of drug-likeness (QED) is 0.784. The summed E-state index contributed by atoms with van der Waals surface area (Å²) >= 11 is 0. The Balaban J connectivity index is 2.16. The molecule has 0 bridgehead atoms. The van der Waals surface area contributed by atoms with Crippen molar-refractivity contribution in [2.24, 2.45) is 11.7 Å². The minimum Gasteiger partial charge on any atom is -0.480 e. The highest BCUT2D eigenvalue weighted by Crippen LogP contribution is 2.30. The standard InChI is InChI=1S/C15H22N2O2/c1-2-17(10-12-8-9-12)11-15(16,14(18)19)13-6-4-3-5-7-13/h3-7,12H,2,8-11,16H2,1H3,(H,18,19). The van der Waals surface area contributed by atoms with E-state index in [2.05, 4.69) is 11.8 Å². The molecule has 0 saturated heterocycles. The van der Waals surface area contributed by atoms with Crippen molar-refractivity contribution < 1.29 is 9.90 Å². The van der Waals surface area contributed by atoms with E-state index in [9.17, 15) is 9.90 Å². The average Bonchev–Trinajstić information content (AvgIpc) is 3.22. The summed E-state index contributed by atoms with van der Waals surface area (Å²) in [7, 11) is 0. The Labute approximate surface area is 114 Å². The molecule has 1 aromatic rings. The molecule has 0 amide bonds. The molecule has 2 rings (SSSR count). The number of carboxylic acids is 1. The van der Waals surface area contributed by atoms with Gasteiger partial charge in [0, 0.05) is 13.1 Å². The molecule has 1 aliphatic carbocycles. The molecule has 1 fully saturated rings. The Morgan fingerprint density at radius 1 is 1.42 bits per heavy atom. The lowest BCUT2D eigenvalue weighted by molar-refractivity contribution is -0.144. The zero-order valence-corrected chi connectivity index (χ0v) is 11.4. The third-order valence-electron chi connectivity index (χ3n) is 3.80. The van der Waals surface area contributed by atoms with Crippen molar-refractivity contribution in [2.75, 3.05) is 19.6 Å². The number of likely N-dealkylation sites (N-methyl/N-ethyl adjacent to an activating group) is 1. The van der Waals surface area contributed by atoms with Gasteiger partial charge in [0.05, 0.1) is 0 Å². The maximum Gasteiger partial charge on any atom is 0.329 e. The summed E-state index contributed by atoms with van der Waals surface area (Å²) < 4.78 is 0. The van der Waals surface area contributed by atoms with Gasteiger partial charge in [0.1, 0.15) is 0 Å². The lowest BCUT2D eigenvalue weighted by Crippen LogP contribution is -2.53. The number of benzene rings is 1. The molecular weight excluding hydrogens is 240 g/mol. The van der Waals surface area contributed by atoms with E-state index in [0.29, 0.717) is 12.1 Å². The lowest BCUT2D eigenvalue weighted by atomic mass is 9.90. The largest absolute Gasteiger partial charge is 0.480 e. The van der Waals surface area contributed by atoms with Gasteiger partial charge in [-0.05, 0) is 30.9 Å². The predicted molar refractivity (Wildman–Crippen MR) is 74.8 cm³/mol. The van der Waals surface area contributed by atoms with Gasteiger partial charge in [-0.15, -0.1) is 0 Å². The summed E-state index contributed by atoms with van der Waals surface area (Å²) in [5.41, 5.74) is 5.53. The highest BCUT2D eigenvalue weighted by molar-refractivity contribution is 5.80. The van der Waals surface area contributed by atoms with Gasteiger partial charge < -0.3 is 15.7 Å². The Morgan fingerprint density at radius 2 is 2.05 bits per heavy atom. The van der Waals surface area contributed by atoms with Gasteiger partial charge in [0.2, 0.25) is 0 Å². The summed E-state index contributed by atoms with van der Waals surface area (Å²) in [6.45, 7) is 4.19. The van der Waals surface area contributed by atoms with Crippen LogP contribution in [0, 0.1) is 5.92 Å². The molecule has 0 aliphatic heterocycles. The molecule has 4 nitrogen and oxygen atoms in total.